The van der Waals surface area contributed by atoms with Crippen LogP contribution in [-0.2, 0) is 5.41 Å². The van der Waals surface area contributed by atoms with Crippen molar-refractivity contribution in [1.29, 1.82) is 0 Å². The van der Waals surface area contributed by atoms with Gasteiger partial charge >= 0.3 is 0 Å². The first-order chi connectivity index (χ1) is 13.0. The molecule has 0 unspecified atom stereocenters. The Hall–Kier alpha value is -2.69. The van der Waals surface area contributed by atoms with Gasteiger partial charge in [0.05, 0.1) is 6.61 Å². The van der Waals surface area contributed by atoms with Crippen molar-refractivity contribution in [3.8, 4) is 16.9 Å². The van der Waals surface area contributed by atoms with Gasteiger partial charge in [-0.1, -0.05) is 32.9 Å². The molecule has 0 spiro atoms. The number of aromatic nitrogens is 2. The van der Waals surface area contributed by atoms with Crippen LogP contribution in [0.4, 0.5) is 5.82 Å². The zero-order valence-corrected chi connectivity index (χ0v) is 16.2. The van der Waals surface area contributed by atoms with E-state index in [9.17, 15) is 0 Å². The Labute approximate surface area is 159 Å². The lowest BCUT2D eigenvalue weighted by Crippen LogP contribution is -2.25. The van der Waals surface area contributed by atoms with E-state index in [0.29, 0.717) is 0 Å². The molecule has 2 aliphatic heterocycles. The van der Waals surface area contributed by atoms with Gasteiger partial charge in [0.1, 0.15) is 17.9 Å². The van der Waals surface area contributed by atoms with Gasteiger partial charge in [-0.15, -0.1) is 0 Å². The lowest BCUT2D eigenvalue weighted by atomic mass is 9.83. The van der Waals surface area contributed by atoms with E-state index in [2.05, 4.69) is 60.3 Å². The van der Waals surface area contributed by atoms with Crippen molar-refractivity contribution in [2.75, 3.05) is 19.0 Å². The van der Waals surface area contributed by atoms with Crippen LogP contribution < -0.4 is 10.1 Å². The second kappa shape index (κ2) is 5.18. The zero-order valence-electron chi connectivity index (χ0n) is 16.2. The van der Waals surface area contributed by atoms with Crippen LogP contribution in [0.5, 0.6) is 5.75 Å². The molecule has 1 aliphatic carbocycles. The average molecular weight is 360 g/mol. The van der Waals surface area contributed by atoms with E-state index in [1.54, 1.807) is 6.33 Å². The second-order valence-electron chi connectivity index (χ2n) is 8.25. The van der Waals surface area contributed by atoms with Crippen LogP contribution in [0.3, 0.4) is 0 Å². The third-order valence-electron chi connectivity index (χ3n) is 7.60. The van der Waals surface area contributed by atoms with Crippen molar-refractivity contribution in [1.82, 2.24) is 9.97 Å². The normalized spacial score (nSPS) is 33.0. The molecular weight excluding hydrogens is 336 g/mol. The van der Waals surface area contributed by atoms with Crippen LogP contribution >= 0.6 is 0 Å². The average Bonchev–Trinajstić information content (AvgIpc) is 3.09. The molecule has 3 atom stereocenters. The third kappa shape index (κ3) is 1.77. The predicted octanol–water partition coefficient (Wildman–Crippen LogP) is 4.22. The van der Waals surface area contributed by atoms with Crippen LogP contribution in [0.2, 0.25) is 0 Å². The number of anilines is 1. The number of hydrogen-bond donors (Lipinski definition) is 1. The first-order valence-electron chi connectivity index (χ1n) is 9.46. The molecule has 3 heterocycles. The largest absolute Gasteiger partial charge is 0.493 e. The van der Waals surface area contributed by atoms with Crippen molar-refractivity contribution in [3.63, 3.8) is 0 Å². The molecule has 1 saturated carbocycles. The molecule has 5 nitrogen and oxygen atoms in total. The first-order valence-corrected chi connectivity index (χ1v) is 9.46. The maximum Gasteiger partial charge on any atom is 0.137 e. The number of fused-ring (bicyclic) bond motifs is 3. The minimum atomic E-state index is -0.0318. The Bertz CT molecular complexity index is 1010. The van der Waals surface area contributed by atoms with E-state index < -0.39 is 0 Å². The number of hydrogen-bond acceptors (Lipinski definition) is 5. The molecule has 1 fully saturated rings. The highest BCUT2D eigenvalue weighted by Crippen LogP contribution is 2.83. The molecular formula is C22H24N4O. The molecule has 0 saturated heterocycles. The summed E-state index contributed by atoms with van der Waals surface area (Å²) in [7, 11) is 1.88. The molecule has 5 heteroatoms. The van der Waals surface area contributed by atoms with E-state index in [1.165, 1.54) is 11.3 Å². The minimum absolute atomic E-state index is 0.0213. The Kier molecular flexibility index (Phi) is 3.16. The van der Waals surface area contributed by atoms with Crippen molar-refractivity contribution in [3.05, 3.63) is 48.1 Å². The van der Waals surface area contributed by atoms with Gasteiger partial charge in [-0.2, -0.15) is 0 Å². The highest BCUT2D eigenvalue weighted by Gasteiger charge is 2.83. The fraction of sp³-hybridized carbons (Fsp3) is 0.409. The van der Waals surface area contributed by atoms with Gasteiger partial charge in [0.2, 0.25) is 0 Å². The quantitative estimate of drug-likeness (QED) is 0.890. The maximum absolute atomic E-state index is 6.22. The number of rotatable bonds is 3. The molecule has 1 aromatic heterocycles. The Morgan fingerprint density at radius 1 is 1.15 bits per heavy atom. The number of benzene rings is 1. The van der Waals surface area contributed by atoms with Crippen LogP contribution in [-0.4, -0.2) is 29.8 Å². The number of nitrogens with zero attached hydrogens (tertiary/aromatic N) is 3. The van der Waals surface area contributed by atoms with Crippen molar-refractivity contribution >= 4 is 12.0 Å². The van der Waals surface area contributed by atoms with Crippen LogP contribution in [0.1, 0.15) is 32.8 Å². The minimum Gasteiger partial charge on any atom is -0.493 e. The predicted molar refractivity (Wildman–Crippen MR) is 107 cm³/mol. The molecule has 1 aromatic carbocycles. The Morgan fingerprint density at radius 2 is 2.00 bits per heavy atom. The number of aliphatic imine (C=N–C) groups is 1. The lowest BCUT2D eigenvalue weighted by Gasteiger charge is -2.28. The van der Waals surface area contributed by atoms with Crippen molar-refractivity contribution in [2.24, 2.45) is 15.8 Å². The molecule has 5 rings (SSSR count). The number of allylic oxidation sites excluding steroid dienone is 2. The molecule has 27 heavy (non-hydrogen) atoms. The summed E-state index contributed by atoms with van der Waals surface area (Å²) in [6.45, 7) is 7.77. The smallest absolute Gasteiger partial charge is 0.137 e. The van der Waals surface area contributed by atoms with Gasteiger partial charge in [0.15, 0.2) is 0 Å². The summed E-state index contributed by atoms with van der Waals surface area (Å²) in [6.07, 6.45) is 8.63. The Balaban J connectivity index is 1.68. The summed E-state index contributed by atoms with van der Waals surface area (Å²) in [5.74, 6) is 1.81. The van der Waals surface area contributed by atoms with E-state index in [4.69, 9.17) is 9.73 Å². The topological polar surface area (TPSA) is 59.4 Å². The fourth-order valence-corrected chi connectivity index (χ4v) is 5.49. The van der Waals surface area contributed by atoms with Gasteiger partial charge < -0.3 is 10.1 Å². The molecule has 0 amide bonds. The van der Waals surface area contributed by atoms with Crippen LogP contribution in [0, 0.1) is 10.8 Å². The van der Waals surface area contributed by atoms with Gasteiger partial charge in [0, 0.05) is 58.9 Å². The summed E-state index contributed by atoms with van der Waals surface area (Å²) < 4.78 is 6.22. The van der Waals surface area contributed by atoms with E-state index >= 15 is 0 Å². The number of ether oxygens (including phenoxy) is 1. The van der Waals surface area contributed by atoms with Gasteiger partial charge in [-0.25, -0.2) is 9.97 Å². The van der Waals surface area contributed by atoms with E-state index in [-0.39, 0.29) is 16.2 Å². The lowest BCUT2D eigenvalue weighted by molar-refractivity contribution is 0.193. The standard InChI is InChI=1S/C22H24N4O/c1-20-12-27-17-8-7-14(15-11-24-13-26-19(15)23-4)10-16(17)21(20,2)22(20,3)18-6-5-9-25-18/h6-11,13H,5,12H2,1-4H3,(H,23,24,26)/t20-,21+,22+/m0/s1. The molecule has 138 valence electrons. The summed E-state index contributed by atoms with van der Waals surface area (Å²) in [4.78, 5) is 13.3. The van der Waals surface area contributed by atoms with Crippen molar-refractivity contribution in [2.45, 2.75) is 32.6 Å². The summed E-state index contributed by atoms with van der Waals surface area (Å²) in [6, 6.07) is 6.45. The molecule has 0 radical (unpaired) electrons. The zero-order chi connectivity index (χ0) is 18.9. The Morgan fingerprint density at radius 3 is 2.74 bits per heavy atom. The van der Waals surface area contributed by atoms with E-state index in [0.717, 1.165) is 35.7 Å². The van der Waals surface area contributed by atoms with Gasteiger partial charge in [0.25, 0.3) is 0 Å². The fourth-order valence-electron chi connectivity index (χ4n) is 5.49. The second-order valence-corrected chi connectivity index (χ2v) is 8.25. The van der Waals surface area contributed by atoms with Gasteiger partial charge in [-0.05, 0) is 17.7 Å². The maximum atomic E-state index is 6.22. The number of nitrogens with one attached hydrogen (secondary N) is 1. The van der Waals surface area contributed by atoms with Crippen molar-refractivity contribution < 1.29 is 4.74 Å². The SMILES string of the molecule is CNc1ncncc1-c1ccc2c(c1)[C@]1(C)[C@](C)(CO2)[C@@]1(C)C1=CCC=N1. The van der Waals surface area contributed by atoms with Crippen LogP contribution in [0.25, 0.3) is 11.1 Å². The van der Waals surface area contributed by atoms with E-state index in [1.807, 2.05) is 19.5 Å². The highest BCUT2D eigenvalue weighted by molar-refractivity contribution is 5.77. The molecule has 3 aliphatic rings. The third-order valence-corrected chi connectivity index (χ3v) is 7.60. The first kappa shape index (κ1) is 16.5. The summed E-state index contributed by atoms with van der Waals surface area (Å²) in [5.41, 5.74) is 4.53. The monoisotopic (exact) mass is 360 g/mol. The summed E-state index contributed by atoms with van der Waals surface area (Å²) >= 11 is 0. The molecule has 1 N–H and O–H groups in total. The van der Waals surface area contributed by atoms with Gasteiger partial charge in [-0.3, -0.25) is 4.99 Å². The van der Waals surface area contributed by atoms with Crippen LogP contribution in [0.15, 0.2) is 47.5 Å². The highest BCUT2D eigenvalue weighted by atomic mass is 16.5. The summed E-state index contributed by atoms with van der Waals surface area (Å²) in [5, 5.41) is 3.16. The molecule has 2 aromatic rings. The molecule has 0 bridgehead atoms.